The van der Waals surface area contributed by atoms with Gasteiger partial charge in [-0.1, -0.05) is 25.0 Å². The highest BCUT2D eigenvalue weighted by Gasteiger charge is 2.15. The van der Waals surface area contributed by atoms with Gasteiger partial charge in [-0.2, -0.15) is 0 Å². The van der Waals surface area contributed by atoms with E-state index in [-0.39, 0.29) is 12.5 Å². The minimum absolute atomic E-state index is 0.0889. The van der Waals surface area contributed by atoms with Crippen molar-refractivity contribution in [2.24, 2.45) is 0 Å². The largest absolute Gasteiger partial charge is 0.481 e. The van der Waals surface area contributed by atoms with Gasteiger partial charge in [0.25, 0.3) is 0 Å². The number of benzene rings is 1. The first-order chi connectivity index (χ1) is 13.0. The van der Waals surface area contributed by atoms with Crippen molar-refractivity contribution in [2.75, 3.05) is 33.4 Å². The van der Waals surface area contributed by atoms with Crippen LogP contribution in [-0.4, -0.2) is 50.1 Å². The van der Waals surface area contributed by atoms with E-state index in [1.54, 1.807) is 0 Å². The maximum absolute atomic E-state index is 12.3. The third-order valence-corrected chi connectivity index (χ3v) is 4.89. The molecule has 0 atom stereocenters. The smallest absolute Gasteiger partial charge is 0.343 e. The normalized spacial score (nSPS) is 14.6. The van der Waals surface area contributed by atoms with E-state index in [1.807, 2.05) is 30.9 Å². The summed E-state index contributed by atoms with van der Waals surface area (Å²) in [5.41, 5.74) is 3.10. The van der Waals surface area contributed by atoms with E-state index in [1.165, 1.54) is 20.0 Å². The van der Waals surface area contributed by atoms with Crippen molar-refractivity contribution in [2.45, 2.75) is 52.5 Å². The van der Waals surface area contributed by atoms with Crippen LogP contribution >= 0.6 is 0 Å². The Morgan fingerprint density at radius 3 is 2.30 bits per heavy atom. The van der Waals surface area contributed by atoms with Crippen molar-refractivity contribution in [1.82, 2.24) is 10.2 Å². The zero-order chi connectivity index (χ0) is 19.6. The molecule has 27 heavy (non-hydrogen) atoms. The molecule has 1 heterocycles. The SMILES string of the molecule is COC(=O)COc1c(C)cc(CNCCC(=O)N2CCCCCC2)cc1C. The molecular weight excluding hydrogens is 344 g/mol. The van der Waals surface area contributed by atoms with Crippen molar-refractivity contribution in [1.29, 1.82) is 0 Å². The monoisotopic (exact) mass is 376 g/mol. The lowest BCUT2D eigenvalue weighted by atomic mass is 10.1. The quantitative estimate of drug-likeness (QED) is 0.558. The van der Waals surface area contributed by atoms with Crippen molar-refractivity contribution in [3.63, 3.8) is 0 Å². The lowest BCUT2D eigenvalue weighted by Crippen LogP contribution is -2.33. The summed E-state index contributed by atoms with van der Waals surface area (Å²) in [6.07, 6.45) is 5.27. The first kappa shape index (κ1) is 21.2. The molecule has 0 saturated carbocycles. The van der Waals surface area contributed by atoms with Crippen LogP contribution in [0, 0.1) is 13.8 Å². The van der Waals surface area contributed by atoms with Crippen molar-refractivity contribution >= 4 is 11.9 Å². The van der Waals surface area contributed by atoms with Gasteiger partial charge in [-0.3, -0.25) is 4.79 Å². The minimum atomic E-state index is -0.395. The summed E-state index contributed by atoms with van der Waals surface area (Å²) in [7, 11) is 1.34. The standard InChI is InChI=1S/C21H32N2O4/c1-16-12-18(13-17(2)21(16)27-15-20(25)26-3)14-22-9-8-19(24)23-10-6-4-5-7-11-23/h12-13,22H,4-11,14-15H2,1-3H3. The molecule has 1 aliphatic heterocycles. The highest BCUT2D eigenvalue weighted by molar-refractivity contribution is 5.76. The second-order valence-corrected chi connectivity index (χ2v) is 7.15. The summed E-state index contributed by atoms with van der Waals surface area (Å²) in [4.78, 5) is 25.6. The molecule has 150 valence electrons. The van der Waals surface area contributed by atoms with Gasteiger partial charge in [0.1, 0.15) is 5.75 Å². The molecule has 0 unspecified atom stereocenters. The number of likely N-dealkylation sites (tertiary alicyclic amines) is 1. The molecular formula is C21H32N2O4. The van der Waals surface area contributed by atoms with Crippen LogP contribution in [0.5, 0.6) is 5.75 Å². The summed E-state index contributed by atoms with van der Waals surface area (Å²) in [6, 6.07) is 4.09. The van der Waals surface area contributed by atoms with Crippen LogP contribution in [0.2, 0.25) is 0 Å². The average molecular weight is 376 g/mol. The highest BCUT2D eigenvalue weighted by Crippen LogP contribution is 2.25. The van der Waals surface area contributed by atoms with Crippen LogP contribution in [0.1, 0.15) is 48.8 Å². The molecule has 0 aliphatic carbocycles. The number of rotatable bonds is 8. The minimum Gasteiger partial charge on any atom is -0.481 e. The number of hydrogen-bond donors (Lipinski definition) is 1. The molecule has 1 aromatic rings. The topological polar surface area (TPSA) is 67.9 Å². The number of nitrogens with zero attached hydrogens (tertiary/aromatic N) is 1. The number of amides is 1. The van der Waals surface area contributed by atoms with E-state index in [4.69, 9.17) is 4.74 Å². The number of nitrogens with one attached hydrogen (secondary N) is 1. The summed E-state index contributed by atoms with van der Waals surface area (Å²) < 4.78 is 10.2. The Labute approximate surface area is 162 Å². The molecule has 6 nitrogen and oxygen atoms in total. The second kappa shape index (κ2) is 10.9. The summed E-state index contributed by atoms with van der Waals surface area (Å²) in [5.74, 6) is 0.581. The fourth-order valence-electron chi connectivity index (χ4n) is 3.47. The van der Waals surface area contributed by atoms with Crippen LogP contribution in [0.4, 0.5) is 0 Å². The predicted octanol–water partition coefficient (Wildman–Crippen LogP) is 2.74. The number of carbonyl (C=O) groups excluding carboxylic acids is 2. The highest BCUT2D eigenvalue weighted by atomic mass is 16.6. The van der Waals surface area contributed by atoms with Crippen LogP contribution < -0.4 is 10.1 Å². The molecule has 0 bridgehead atoms. The third kappa shape index (κ3) is 6.86. The Morgan fingerprint density at radius 1 is 1.07 bits per heavy atom. The molecule has 1 amide bonds. The molecule has 1 aromatic carbocycles. The van der Waals surface area contributed by atoms with Crippen molar-refractivity contribution < 1.29 is 19.1 Å². The molecule has 2 rings (SSSR count). The Bertz CT molecular complexity index is 614. The summed E-state index contributed by atoms with van der Waals surface area (Å²) in [6.45, 7) is 7.03. The van der Waals surface area contributed by atoms with Crippen LogP contribution in [0.3, 0.4) is 0 Å². The molecule has 1 aliphatic rings. The fourth-order valence-corrected chi connectivity index (χ4v) is 3.47. The van der Waals surface area contributed by atoms with Gasteiger partial charge in [0.15, 0.2) is 6.61 Å². The van der Waals surface area contributed by atoms with Crippen LogP contribution in [0.15, 0.2) is 12.1 Å². The van der Waals surface area contributed by atoms with Crippen molar-refractivity contribution in [3.05, 3.63) is 28.8 Å². The zero-order valence-electron chi connectivity index (χ0n) is 16.8. The second-order valence-electron chi connectivity index (χ2n) is 7.15. The van der Waals surface area contributed by atoms with Gasteiger partial charge >= 0.3 is 5.97 Å². The molecule has 1 N–H and O–H groups in total. The number of methoxy groups -OCH3 is 1. The Hall–Kier alpha value is -2.08. The van der Waals surface area contributed by atoms with Gasteiger partial charge in [0.2, 0.25) is 5.91 Å². The van der Waals surface area contributed by atoms with Gasteiger partial charge in [0.05, 0.1) is 7.11 Å². The van der Waals surface area contributed by atoms with Gasteiger partial charge in [-0.05, 0) is 43.4 Å². The van der Waals surface area contributed by atoms with Crippen molar-refractivity contribution in [3.8, 4) is 5.75 Å². The first-order valence-corrected chi connectivity index (χ1v) is 9.79. The summed E-state index contributed by atoms with van der Waals surface area (Å²) >= 11 is 0. The maximum Gasteiger partial charge on any atom is 0.343 e. The van der Waals surface area contributed by atoms with E-state index < -0.39 is 5.97 Å². The molecule has 6 heteroatoms. The zero-order valence-corrected chi connectivity index (χ0v) is 16.8. The van der Waals surface area contributed by atoms with E-state index >= 15 is 0 Å². The molecule has 1 fully saturated rings. The number of ether oxygens (including phenoxy) is 2. The van der Waals surface area contributed by atoms with Gasteiger partial charge in [0, 0.05) is 32.6 Å². The molecule has 0 radical (unpaired) electrons. The average Bonchev–Trinajstić information content (AvgIpc) is 2.93. The lowest BCUT2D eigenvalue weighted by Gasteiger charge is -2.20. The number of hydrogen-bond acceptors (Lipinski definition) is 5. The molecule has 0 aromatic heterocycles. The van der Waals surface area contributed by atoms with E-state index in [9.17, 15) is 9.59 Å². The van der Waals surface area contributed by atoms with Crippen LogP contribution in [-0.2, 0) is 20.9 Å². The van der Waals surface area contributed by atoms with Gasteiger partial charge in [-0.25, -0.2) is 4.79 Å². The van der Waals surface area contributed by atoms with Gasteiger partial charge < -0.3 is 19.7 Å². The predicted molar refractivity (Wildman–Crippen MR) is 105 cm³/mol. The first-order valence-electron chi connectivity index (χ1n) is 9.79. The molecule has 1 saturated heterocycles. The van der Waals surface area contributed by atoms with Gasteiger partial charge in [-0.15, -0.1) is 0 Å². The Morgan fingerprint density at radius 2 is 1.70 bits per heavy atom. The maximum atomic E-state index is 12.3. The lowest BCUT2D eigenvalue weighted by molar-refractivity contribution is -0.143. The summed E-state index contributed by atoms with van der Waals surface area (Å²) in [5, 5.41) is 3.36. The molecule has 0 spiro atoms. The van der Waals surface area contributed by atoms with Crippen LogP contribution in [0.25, 0.3) is 0 Å². The number of carbonyl (C=O) groups is 2. The Kier molecular flexibility index (Phi) is 8.58. The Balaban J connectivity index is 1.78. The number of esters is 1. The van der Waals surface area contributed by atoms with E-state index in [2.05, 4.69) is 10.1 Å². The number of aryl methyl sites for hydroxylation is 2. The van der Waals surface area contributed by atoms with E-state index in [0.29, 0.717) is 19.5 Å². The van der Waals surface area contributed by atoms with E-state index in [0.717, 1.165) is 48.4 Å². The third-order valence-electron chi connectivity index (χ3n) is 4.89. The fraction of sp³-hybridized carbons (Fsp3) is 0.619.